The number of hydrogen-bond donors (Lipinski definition) is 3. The van der Waals surface area contributed by atoms with Crippen LogP contribution < -0.4 is 16.2 Å². The summed E-state index contributed by atoms with van der Waals surface area (Å²) in [4.78, 5) is 11.5. The molecule has 100 valence electrons. The summed E-state index contributed by atoms with van der Waals surface area (Å²) in [6.07, 6.45) is 0.950. The van der Waals surface area contributed by atoms with Crippen LogP contribution in [0.5, 0.6) is 0 Å². The van der Waals surface area contributed by atoms with Gasteiger partial charge in [-0.3, -0.25) is 4.79 Å². The minimum absolute atomic E-state index is 0.00533. The quantitative estimate of drug-likeness (QED) is 0.718. The van der Waals surface area contributed by atoms with Crippen LogP contribution in [0.25, 0.3) is 0 Å². The summed E-state index contributed by atoms with van der Waals surface area (Å²) >= 11 is 0. The van der Waals surface area contributed by atoms with Crippen LogP contribution in [0.15, 0.2) is 29.2 Å². The number of rotatable bonds is 5. The minimum Gasteiger partial charge on any atom is -0.327 e. The maximum absolute atomic E-state index is 11.5. The average Bonchev–Trinajstić information content (AvgIpc) is 2.28. The molecule has 1 unspecified atom stereocenters. The van der Waals surface area contributed by atoms with Crippen molar-refractivity contribution in [3.05, 3.63) is 24.3 Å². The monoisotopic (exact) mass is 271 g/mol. The second-order valence-electron chi connectivity index (χ2n) is 3.99. The maximum atomic E-state index is 11.5. The van der Waals surface area contributed by atoms with Crippen molar-refractivity contribution in [1.29, 1.82) is 0 Å². The highest BCUT2D eigenvalue weighted by Gasteiger charge is 2.09. The van der Waals surface area contributed by atoms with E-state index in [1.165, 1.54) is 24.3 Å². The predicted molar refractivity (Wildman–Crippen MR) is 69.3 cm³/mol. The van der Waals surface area contributed by atoms with E-state index >= 15 is 0 Å². The molecule has 7 heteroatoms. The van der Waals surface area contributed by atoms with Crippen molar-refractivity contribution in [2.75, 3.05) is 5.32 Å². The van der Waals surface area contributed by atoms with E-state index in [9.17, 15) is 13.2 Å². The molecule has 1 atom stereocenters. The molecule has 0 spiro atoms. The van der Waals surface area contributed by atoms with Crippen LogP contribution in [-0.4, -0.2) is 20.4 Å². The molecule has 1 aromatic rings. The van der Waals surface area contributed by atoms with Crippen molar-refractivity contribution in [1.82, 2.24) is 0 Å². The fourth-order valence-corrected chi connectivity index (χ4v) is 1.84. The van der Waals surface area contributed by atoms with Gasteiger partial charge in [0.1, 0.15) is 0 Å². The topological polar surface area (TPSA) is 115 Å². The van der Waals surface area contributed by atoms with Crippen LogP contribution in [0.3, 0.4) is 0 Å². The van der Waals surface area contributed by atoms with Gasteiger partial charge in [0.05, 0.1) is 4.90 Å². The van der Waals surface area contributed by atoms with Crippen LogP contribution in [0.2, 0.25) is 0 Å². The number of carbonyl (C=O) groups is 1. The van der Waals surface area contributed by atoms with E-state index in [0.717, 1.165) is 6.42 Å². The molecular formula is C11H17N3O3S. The molecule has 0 aliphatic rings. The zero-order chi connectivity index (χ0) is 13.8. The summed E-state index contributed by atoms with van der Waals surface area (Å²) in [6, 6.07) is 5.47. The number of benzene rings is 1. The normalized spacial score (nSPS) is 13.1. The smallest absolute Gasteiger partial charge is 0.238 e. The molecule has 0 aromatic heterocycles. The fraction of sp³-hybridized carbons (Fsp3) is 0.364. The van der Waals surface area contributed by atoms with Crippen molar-refractivity contribution >= 4 is 21.6 Å². The van der Waals surface area contributed by atoms with Crippen molar-refractivity contribution in [2.45, 2.75) is 30.7 Å². The molecule has 5 N–H and O–H groups in total. The maximum Gasteiger partial charge on any atom is 0.238 e. The Kier molecular flexibility index (Phi) is 4.83. The Hall–Kier alpha value is -1.44. The van der Waals surface area contributed by atoms with Crippen molar-refractivity contribution < 1.29 is 13.2 Å². The first-order valence-corrected chi connectivity index (χ1v) is 7.06. The first-order chi connectivity index (χ1) is 8.32. The number of carbonyl (C=O) groups excluding carboxylic acids is 1. The minimum atomic E-state index is -3.70. The van der Waals surface area contributed by atoms with Gasteiger partial charge in [-0.25, -0.2) is 13.6 Å². The standard InChI is InChI=1S/C11H17N3O3S/c1-2-8(12)7-11(15)14-9-3-5-10(6-4-9)18(13,16)17/h3-6,8H,2,7,12H2,1H3,(H,14,15)(H2,13,16,17). The molecule has 1 aromatic carbocycles. The first-order valence-electron chi connectivity index (χ1n) is 5.51. The Morgan fingerprint density at radius 1 is 1.33 bits per heavy atom. The highest BCUT2D eigenvalue weighted by atomic mass is 32.2. The van der Waals surface area contributed by atoms with E-state index in [-0.39, 0.29) is 23.3 Å². The summed E-state index contributed by atoms with van der Waals surface area (Å²) in [5, 5.41) is 7.59. The van der Waals surface area contributed by atoms with E-state index in [1.54, 1.807) is 0 Å². The number of nitrogens with two attached hydrogens (primary N) is 2. The zero-order valence-electron chi connectivity index (χ0n) is 10.1. The van der Waals surface area contributed by atoms with Gasteiger partial charge >= 0.3 is 0 Å². The summed E-state index contributed by atoms with van der Waals surface area (Å²) < 4.78 is 22.0. The second-order valence-corrected chi connectivity index (χ2v) is 5.55. The fourth-order valence-electron chi connectivity index (χ4n) is 1.32. The molecule has 0 radical (unpaired) electrons. The van der Waals surface area contributed by atoms with Gasteiger partial charge < -0.3 is 11.1 Å². The molecule has 0 saturated carbocycles. The zero-order valence-corrected chi connectivity index (χ0v) is 10.9. The molecule has 0 saturated heterocycles. The van der Waals surface area contributed by atoms with Gasteiger partial charge in [-0.2, -0.15) is 0 Å². The molecule has 0 aliphatic carbocycles. The van der Waals surface area contributed by atoms with Crippen molar-refractivity contribution in [3.8, 4) is 0 Å². The molecule has 0 bridgehead atoms. The number of amides is 1. The van der Waals surface area contributed by atoms with E-state index in [4.69, 9.17) is 10.9 Å². The Labute approximate surface area is 106 Å². The average molecular weight is 271 g/mol. The van der Waals surface area contributed by atoms with Gasteiger partial charge in [-0.15, -0.1) is 0 Å². The van der Waals surface area contributed by atoms with Gasteiger partial charge in [0, 0.05) is 18.2 Å². The highest BCUT2D eigenvalue weighted by Crippen LogP contribution is 2.13. The third-order valence-corrected chi connectivity index (χ3v) is 3.37. The largest absolute Gasteiger partial charge is 0.327 e. The van der Waals surface area contributed by atoms with Gasteiger partial charge in [-0.1, -0.05) is 6.92 Å². The Bertz CT molecular complexity index is 511. The number of sulfonamides is 1. The molecule has 18 heavy (non-hydrogen) atoms. The summed E-state index contributed by atoms with van der Waals surface area (Å²) in [5.41, 5.74) is 6.16. The van der Waals surface area contributed by atoms with Crippen LogP contribution >= 0.6 is 0 Å². The first kappa shape index (κ1) is 14.6. The van der Waals surface area contributed by atoms with Gasteiger partial charge in [0.15, 0.2) is 0 Å². The third kappa shape index (κ3) is 4.44. The van der Waals surface area contributed by atoms with E-state index < -0.39 is 10.0 Å². The number of anilines is 1. The van der Waals surface area contributed by atoms with Gasteiger partial charge in [-0.05, 0) is 30.7 Å². The van der Waals surface area contributed by atoms with Crippen molar-refractivity contribution in [2.24, 2.45) is 10.9 Å². The summed E-state index contributed by atoms with van der Waals surface area (Å²) in [6.45, 7) is 1.90. The lowest BCUT2D eigenvalue weighted by Gasteiger charge is -2.09. The van der Waals surface area contributed by atoms with E-state index in [1.807, 2.05) is 6.92 Å². The highest BCUT2D eigenvalue weighted by molar-refractivity contribution is 7.89. The van der Waals surface area contributed by atoms with Gasteiger partial charge in [0.25, 0.3) is 0 Å². The molecule has 6 nitrogen and oxygen atoms in total. The molecular weight excluding hydrogens is 254 g/mol. The second kappa shape index (κ2) is 5.94. The van der Waals surface area contributed by atoms with Crippen LogP contribution in [0, 0.1) is 0 Å². The Balaban J connectivity index is 2.67. The van der Waals surface area contributed by atoms with E-state index in [0.29, 0.717) is 5.69 Å². The number of primary sulfonamides is 1. The summed E-state index contributed by atoms with van der Waals surface area (Å²) in [7, 11) is -3.70. The molecule has 0 aliphatic heterocycles. The Morgan fingerprint density at radius 3 is 2.33 bits per heavy atom. The molecule has 1 amide bonds. The van der Waals surface area contributed by atoms with Crippen LogP contribution in [0.4, 0.5) is 5.69 Å². The van der Waals surface area contributed by atoms with Crippen LogP contribution in [0.1, 0.15) is 19.8 Å². The number of nitrogens with one attached hydrogen (secondary N) is 1. The lowest BCUT2D eigenvalue weighted by atomic mass is 10.1. The lowest BCUT2D eigenvalue weighted by molar-refractivity contribution is -0.116. The Morgan fingerprint density at radius 2 is 1.89 bits per heavy atom. The number of hydrogen-bond acceptors (Lipinski definition) is 4. The molecule has 0 fully saturated rings. The molecule has 0 heterocycles. The summed E-state index contributed by atoms with van der Waals surface area (Å²) in [5.74, 6) is -0.201. The van der Waals surface area contributed by atoms with Gasteiger partial charge in [0.2, 0.25) is 15.9 Å². The van der Waals surface area contributed by atoms with E-state index in [2.05, 4.69) is 5.32 Å². The molecule has 1 rings (SSSR count). The third-order valence-electron chi connectivity index (χ3n) is 2.44. The lowest BCUT2D eigenvalue weighted by Crippen LogP contribution is -2.26. The SMILES string of the molecule is CCC(N)CC(=O)Nc1ccc(S(N)(=O)=O)cc1. The van der Waals surface area contributed by atoms with Crippen molar-refractivity contribution in [3.63, 3.8) is 0 Å². The predicted octanol–water partition coefficient (Wildman–Crippen LogP) is 0.400. The van der Waals surface area contributed by atoms with Crippen LogP contribution in [-0.2, 0) is 14.8 Å².